The number of hydrogen-bond donors (Lipinski definition) is 1. The normalized spacial score (nSPS) is 16.5. The van der Waals surface area contributed by atoms with Gasteiger partial charge < -0.3 is 10.0 Å². The number of nitro groups is 1. The van der Waals surface area contributed by atoms with Crippen molar-refractivity contribution in [3.63, 3.8) is 0 Å². The van der Waals surface area contributed by atoms with Crippen LogP contribution >= 0.6 is 22.6 Å². The molecule has 7 nitrogen and oxygen atoms in total. The molecule has 0 aliphatic carbocycles. The molecule has 0 spiro atoms. The lowest BCUT2D eigenvalue weighted by Crippen LogP contribution is -2.34. The average Bonchev–Trinajstić information content (AvgIpc) is 2.63. The van der Waals surface area contributed by atoms with Crippen LogP contribution < -0.4 is 4.90 Å². The maximum Gasteiger partial charge on any atom is 0.317 e. The van der Waals surface area contributed by atoms with E-state index in [1.54, 1.807) is 12.1 Å². The number of rotatable bonds is 4. The molecule has 2 rings (SSSR count). The SMILES string of the molecule is O=C(O)CN1CCCN(c2ccc(I)cc2[N+](=O)[O-])CC1. The average molecular weight is 405 g/mol. The van der Waals surface area contributed by atoms with Crippen LogP contribution in [0.4, 0.5) is 11.4 Å². The molecule has 1 N–H and O–H groups in total. The second-order valence-corrected chi connectivity index (χ2v) is 6.15. The minimum absolute atomic E-state index is 0.0165. The summed E-state index contributed by atoms with van der Waals surface area (Å²) < 4.78 is 0.824. The van der Waals surface area contributed by atoms with Gasteiger partial charge in [-0.05, 0) is 41.1 Å². The van der Waals surface area contributed by atoms with E-state index in [1.165, 1.54) is 0 Å². The molecule has 8 heteroatoms. The fourth-order valence-electron chi connectivity index (χ4n) is 2.47. The molecule has 0 aromatic heterocycles. The maximum atomic E-state index is 11.2. The summed E-state index contributed by atoms with van der Waals surface area (Å²) in [6.07, 6.45) is 0.788. The van der Waals surface area contributed by atoms with Crippen molar-refractivity contribution in [1.82, 2.24) is 4.90 Å². The van der Waals surface area contributed by atoms with Crippen LogP contribution in [-0.4, -0.2) is 53.6 Å². The number of carboxylic acids is 1. The molecular formula is C13H16IN3O4. The molecule has 1 heterocycles. The Morgan fingerprint density at radius 2 is 2.10 bits per heavy atom. The Balaban J connectivity index is 2.15. The van der Waals surface area contributed by atoms with E-state index in [0.717, 1.165) is 9.99 Å². The Hall–Kier alpha value is -1.42. The largest absolute Gasteiger partial charge is 0.480 e. The zero-order valence-electron chi connectivity index (χ0n) is 11.4. The lowest BCUT2D eigenvalue weighted by atomic mass is 10.2. The molecule has 1 fully saturated rings. The lowest BCUT2D eigenvalue weighted by molar-refractivity contribution is -0.384. The smallest absolute Gasteiger partial charge is 0.317 e. The summed E-state index contributed by atoms with van der Waals surface area (Å²) >= 11 is 2.05. The van der Waals surface area contributed by atoms with Gasteiger partial charge in [0.1, 0.15) is 5.69 Å². The van der Waals surface area contributed by atoms with Crippen molar-refractivity contribution in [3.05, 3.63) is 31.9 Å². The summed E-state index contributed by atoms with van der Waals surface area (Å²) in [5, 5.41) is 20.0. The number of halogens is 1. The highest BCUT2D eigenvalue weighted by atomic mass is 127. The molecule has 0 unspecified atom stereocenters. The van der Waals surface area contributed by atoms with Crippen LogP contribution in [0.15, 0.2) is 18.2 Å². The minimum atomic E-state index is -0.844. The van der Waals surface area contributed by atoms with Gasteiger partial charge in [0.15, 0.2) is 0 Å². The van der Waals surface area contributed by atoms with Gasteiger partial charge in [0, 0.05) is 35.8 Å². The number of nitro benzene ring substituents is 1. The first-order valence-electron chi connectivity index (χ1n) is 6.60. The van der Waals surface area contributed by atoms with E-state index in [1.807, 2.05) is 15.9 Å². The second kappa shape index (κ2) is 7.03. The van der Waals surface area contributed by atoms with Gasteiger partial charge in [-0.2, -0.15) is 0 Å². The zero-order chi connectivity index (χ0) is 15.4. The third kappa shape index (κ3) is 4.27. The van der Waals surface area contributed by atoms with Crippen LogP contribution in [0.5, 0.6) is 0 Å². The highest BCUT2D eigenvalue weighted by molar-refractivity contribution is 14.1. The monoisotopic (exact) mass is 405 g/mol. The maximum absolute atomic E-state index is 11.2. The number of hydrogen-bond acceptors (Lipinski definition) is 5. The van der Waals surface area contributed by atoms with E-state index >= 15 is 0 Å². The second-order valence-electron chi connectivity index (χ2n) is 4.90. The van der Waals surface area contributed by atoms with Crippen LogP contribution in [0, 0.1) is 13.7 Å². The predicted molar refractivity (Wildman–Crippen MR) is 86.7 cm³/mol. The molecule has 21 heavy (non-hydrogen) atoms. The summed E-state index contributed by atoms with van der Waals surface area (Å²) in [6.45, 7) is 2.59. The van der Waals surface area contributed by atoms with Crippen LogP contribution in [0.2, 0.25) is 0 Å². The van der Waals surface area contributed by atoms with E-state index in [9.17, 15) is 14.9 Å². The predicted octanol–water partition coefficient (Wildman–Crippen LogP) is 1.80. The third-order valence-electron chi connectivity index (χ3n) is 3.42. The van der Waals surface area contributed by atoms with Crippen molar-refractivity contribution in [2.24, 2.45) is 0 Å². The molecule has 114 valence electrons. The van der Waals surface area contributed by atoms with Gasteiger partial charge in [0.25, 0.3) is 5.69 Å². The quantitative estimate of drug-likeness (QED) is 0.467. The molecule has 0 saturated carbocycles. The fraction of sp³-hybridized carbons (Fsp3) is 0.462. The molecule has 0 atom stereocenters. The van der Waals surface area contributed by atoms with Gasteiger partial charge in [0.05, 0.1) is 11.5 Å². The van der Waals surface area contributed by atoms with Gasteiger partial charge in [-0.15, -0.1) is 0 Å². The number of nitrogens with zero attached hydrogens (tertiary/aromatic N) is 3. The van der Waals surface area contributed by atoms with Gasteiger partial charge in [-0.1, -0.05) is 0 Å². The molecule has 0 radical (unpaired) electrons. The summed E-state index contributed by atoms with van der Waals surface area (Å²) in [7, 11) is 0. The topological polar surface area (TPSA) is 86.9 Å². The summed E-state index contributed by atoms with van der Waals surface area (Å²) in [5.41, 5.74) is 0.714. The van der Waals surface area contributed by atoms with Gasteiger partial charge in [0.2, 0.25) is 0 Å². The van der Waals surface area contributed by atoms with Crippen molar-refractivity contribution >= 4 is 39.9 Å². The molecular weight excluding hydrogens is 389 g/mol. The Kier molecular flexibility index (Phi) is 5.34. The van der Waals surface area contributed by atoms with E-state index in [4.69, 9.17) is 5.11 Å². The standard InChI is InChI=1S/C13H16IN3O4/c14-10-2-3-11(12(8-10)17(20)21)16-5-1-4-15(6-7-16)9-13(18)19/h2-3,8H,1,4-7,9H2,(H,18,19). The van der Waals surface area contributed by atoms with Crippen molar-refractivity contribution in [2.75, 3.05) is 37.6 Å². The zero-order valence-corrected chi connectivity index (χ0v) is 13.5. The third-order valence-corrected chi connectivity index (χ3v) is 4.09. The molecule has 1 aliphatic rings. The van der Waals surface area contributed by atoms with Crippen LogP contribution in [0.25, 0.3) is 0 Å². The van der Waals surface area contributed by atoms with Crippen LogP contribution in [0.3, 0.4) is 0 Å². The van der Waals surface area contributed by atoms with E-state index < -0.39 is 5.97 Å². The van der Waals surface area contributed by atoms with Crippen LogP contribution in [0.1, 0.15) is 6.42 Å². The first kappa shape index (κ1) is 16.0. The Bertz CT molecular complexity index is 552. The molecule has 1 saturated heterocycles. The van der Waals surface area contributed by atoms with Gasteiger partial charge in [-0.25, -0.2) is 0 Å². The number of aliphatic carboxylic acids is 1. The number of benzene rings is 1. The minimum Gasteiger partial charge on any atom is -0.480 e. The molecule has 0 amide bonds. The van der Waals surface area contributed by atoms with Gasteiger partial charge >= 0.3 is 5.97 Å². The first-order valence-corrected chi connectivity index (χ1v) is 7.68. The van der Waals surface area contributed by atoms with Crippen molar-refractivity contribution < 1.29 is 14.8 Å². The van der Waals surface area contributed by atoms with Crippen molar-refractivity contribution in [3.8, 4) is 0 Å². The van der Waals surface area contributed by atoms with E-state index in [0.29, 0.717) is 31.9 Å². The molecule has 1 aliphatic heterocycles. The van der Waals surface area contributed by atoms with Crippen molar-refractivity contribution in [1.29, 1.82) is 0 Å². The summed E-state index contributed by atoms with van der Waals surface area (Å²) in [6, 6.07) is 5.19. The molecule has 1 aromatic carbocycles. The summed E-state index contributed by atoms with van der Waals surface area (Å²) in [5.74, 6) is -0.844. The number of carbonyl (C=O) groups is 1. The van der Waals surface area contributed by atoms with E-state index in [2.05, 4.69) is 22.6 Å². The number of anilines is 1. The summed E-state index contributed by atoms with van der Waals surface area (Å²) in [4.78, 5) is 25.4. The lowest BCUT2D eigenvalue weighted by Gasteiger charge is -2.23. The fourth-order valence-corrected chi connectivity index (χ4v) is 2.95. The van der Waals surface area contributed by atoms with Crippen LogP contribution in [-0.2, 0) is 4.79 Å². The van der Waals surface area contributed by atoms with Crippen molar-refractivity contribution in [2.45, 2.75) is 6.42 Å². The van der Waals surface area contributed by atoms with E-state index in [-0.39, 0.29) is 17.2 Å². The highest BCUT2D eigenvalue weighted by Crippen LogP contribution is 2.30. The number of carboxylic acid groups (broad SMARTS) is 1. The molecule has 1 aromatic rings. The first-order chi connectivity index (χ1) is 9.97. The highest BCUT2D eigenvalue weighted by Gasteiger charge is 2.23. The Labute approximate surface area is 135 Å². The van der Waals surface area contributed by atoms with Gasteiger partial charge in [-0.3, -0.25) is 19.8 Å². The Morgan fingerprint density at radius 1 is 1.33 bits per heavy atom. The Morgan fingerprint density at radius 3 is 2.76 bits per heavy atom. The molecule has 0 bridgehead atoms.